The first-order valence-corrected chi connectivity index (χ1v) is 6.75. The van der Waals surface area contributed by atoms with E-state index in [1.807, 2.05) is 0 Å². The molecule has 96 valence electrons. The van der Waals surface area contributed by atoms with Crippen LogP contribution in [0.25, 0.3) is 0 Å². The first-order chi connectivity index (χ1) is 7.77. The molecule has 0 aliphatic heterocycles. The number of hydrogen-bond donors (Lipinski definition) is 2. The third kappa shape index (κ3) is 3.24. The quantitative estimate of drug-likeness (QED) is 0.850. The summed E-state index contributed by atoms with van der Waals surface area (Å²) < 4.78 is 39.7. The van der Waals surface area contributed by atoms with Crippen LogP contribution in [0.15, 0.2) is 17.0 Å². The Balaban J connectivity index is 3.25. The Morgan fingerprint density at radius 3 is 2.24 bits per heavy atom. The Morgan fingerprint density at radius 1 is 1.35 bits per heavy atom. The van der Waals surface area contributed by atoms with Crippen LogP contribution < -0.4 is 10.5 Å². The second-order valence-corrected chi connectivity index (χ2v) is 5.78. The van der Waals surface area contributed by atoms with E-state index in [0.29, 0.717) is 11.1 Å². The minimum Gasteiger partial charge on any atom is -0.329 e. The van der Waals surface area contributed by atoms with Crippen molar-refractivity contribution in [3.05, 3.63) is 29.1 Å². The summed E-state index contributed by atoms with van der Waals surface area (Å²) in [5, 5.41) is 0. The van der Waals surface area contributed by atoms with Crippen LogP contribution in [-0.2, 0) is 10.0 Å². The average molecular weight is 260 g/mol. The van der Waals surface area contributed by atoms with Crippen molar-refractivity contribution in [2.45, 2.75) is 31.7 Å². The van der Waals surface area contributed by atoms with Crippen molar-refractivity contribution in [3.63, 3.8) is 0 Å². The van der Waals surface area contributed by atoms with Gasteiger partial charge >= 0.3 is 0 Å². The van der Waals surface area contributed by atoms with E-state index in [1.54, 1.807) is 20.8 Å². The molecule has 1 rings (SSSR count). The second-order valence-electron chi connectivity index (χ2n) is 4.13. The molecule has 0 bridgehead atoms. The number of sulfonamides is 1. The van der Waals surface area contributed by atoms with Gasteiger partial charge in [0.2, 0.25) is 10.0 Å². The molecule has 0 aromatic heterocycles. The van der Waals surface area contributed by atoms with E-state index in [-0.39, 0.29) is 17.5 Å². The van der Waals surface area contributed by atoms with Crippen molar-refractivity contribution < 1.29 is 12.8 Å². The van der Waals surface area contributed by atoms with Crippen LogP contribution in [0.3, 0.4) is 0 Å². The first kappa shape index (κ1) is 14.1. The smallest absolute Gasteiger partial charge is 0.241 e. The fourth-order valence-electron chi connectivity index (χ4n) is 1.69. The summed E-state index contributed by atoms with van der Waals surface area (Å²) >= 11 is 0. The van der Waals surface area contributed by atoms with Gasteiger partial charge in [0.05, 0.1) is 4.90 Å². The van der Waals surface area contributed by atoms with E-state index in [0.717, 1.165) is 0 Å². The highest BCUT2D eigenvalue weighted by molar-refractivity contribution is 7.89. The number of halogens is 1. The topological polar surface area (TPSA) is 72.2 Å². The monoisotopic (exact) mass is 260 g/mol. The largest absolute Gasteiger partial charge is 0.329 e. The lowest BCUT2D eigenvalue weighted by molar-refractivity contribution is 0.560. The summed E-state index contributed by atoms with van der Waals surface area (Å²) in [5.74, 6) is -0.439. The maximum absolute atomic E-state index is 13.1. The van der Waals surface area contributed by atoms with Crippen LogP contribution in [0.4, 0.5) is 4.39 Å². The molecule has 0 saturated carbocycles. The number of nitrogens with two attached hydrogens (primary N) is 1. The van der Waals surface area contributed by atoms with Crippen LogP contribution in [0.1, 0.15) is 18.1 Å². The highest BCUT2D eigenvalue weighted by Crippen LogP contribution is 2.21. The van der Waals surface area contributed by atoms with Gasteiger partial charge in [-0.2, -0.15) is 0 Å². The van der Waals surface area contributed by atoms with Crippen molar-refractivity contribution >= 4 is 10.0 Å². The van der Waals surface area contributed by atoms with Crippen molar-refractivity contribution in [1.82, 2.24) is 4.72 Å². The van der Waals surface area contributed by atoms with E-state index in [4.69, 9.17) is 5.73 Å². The molecular formula is C11H17FN2O2S. The lowest BCUT2D eigenvalue weighted by Gasteiger charge is -2.15. The van der Waals surface area contributed by atoms with Gasteiger partial charge < -0.3 is 5.73 Å². The fraction of sp³-hybridized carbons (Fsp3) is 0.455. The number of hydrogen-bond acceptors (Lipinski definition) is 3. The SMILES string of the molecule is Cc1cc(F)cc(C)c1S(=O)(=O)NC(C)CN. The summed E-state index contributed by atoms with van der Waals surface area (Å²) in [5.41, 5.74) is 6.15. The number of rotatable bonds is 4. The molecule has 0 amide bonds. The normalized spacial score (nSPS) is 13.7. The second kappa shape index (κ2) is 5.12. The van der Waals surface area contributed by atoms with E-state index in [2.05, 4.69) is 4.72 Å². The Bertz CT molecular complexity index is 491. The summed E-state index contributed by atoms with van der Waals surface area (Å²) in [7, 11) is -3.65. The van der Waals surface area contributed by atoms with Crippen LogP contribution in [0.5, 0.6) is 0 Å². The lowest BCUT2D eigenvalue weighted by atomic mass is 10.1. The molecule has 1 aromatic carbocycles. The molecule has 0 spiro atoms. The van der Waals surface area contributed by atoms with Gasteiger partial charge in [0, 0.05) is 12.6 Å². The average Bonchev–Trinajstić information content (AvgIpc) is 2.14. The molecule has 6 heteroatoms. The van der Waals surface area contributed by atoms with Crippen molar-refractivity contribution in [2.75, 3.05) is 6.54 Å². The molecule has 0 radical (unpaired) electrons. The Labute approximate surface area is 101 Å². The molecule has 0 aliphatic carbocycles. The third-order valence-corrected chi connectivity index (χ3v) is 4.30. The van der Waals surface area contributed by atoms with Gasteiger partial charge in [0.15, 0.2) is 0 Å². The molecule has 1 unspecified atom stereocenters. The zero-order chi connectivity index (χ0) is 13.2. The summed E-state index contributed by atoms with van der Waals surface area (Å²) in [6.45, 7) is 5.01. The molecule has 17 heavy (non-hydrogen) atoms. The number of aryl methyl sites for hydroxylation is 2. The van der Waals surface area contributed by atoms with Crippen LogP contribution >= 0.6 is 0 Å². The zero-order valence-corrected chi connectivity index (χ0v) is 10.9. The van der Waals surface area contributed by atoms with Crippen molar-refractivity contribution in [2.24, 2.45) is 5.73 Å². The van der Waals surface area contributed by atoms with Gasteiger partial charge in [-0.15, -0.1) is 0 Å². The lowest BCUT2D eigenvalue weighted by Crippen LogP contribution is -2.38. The fourth-order valence-corrected chi connectivity index (χ4v) is 3.40. The van der Waals surface area contributed by atoms with E-state index in [9.17, 15) is 12.8 Å². The molecule has 4 nitrogen and oxygen atoms in total. The Hall–Kier alpha value is -0.980. The highest BCUT2D eigenvalue weighted by atomic mass is 32.2. The summed E-state index contributed by atoms with van der Waals surface area (Å²) in [6.07, 6.45) is 0. The molecule has 0 fully saturated rings. The Morgan fingerprint density at radius 2 is 1.82 bits per heavy atom. The van der Waals surface area contributed by atoms with Crippen LogP contribution in [0, 0.1) is 19.7 Å². The maximum Gasteiger partial charge on any atom is 0.241 e. The number of benzene rings is 1. The molecule has 1 atom stereocenters. The van der Waals surface area contributed by atoms with Crippen LogP contribution in [0.2, 0.25) is 0 Å². The molecule has 3 N–H and O–H groups in total. The summed E-state index contributed by atoms with van der Waals surface area (Å²) in [6, 6.07) is 2.05. The van der Waals surface area contributed by atoms with E-state index < -0.39 is 15.8 Å². The standard InChI is InChI=1S/C11H17FN2O2S/c1-7-4-10(12)5-8(2)11(7)17(15,16)14-9(3)6-13/h4-5,9,14H,6,13H2,1-3H3. The Kier molecular flexibility index (Phi) is 4.24. The predicted molar refractivity (Wildman–Crippen MR) is 64.7 cm³/mol. The van der Waals surface area contributed by atoms with Gasteiger partial charge in [0.25, 0.3) is 0 Å². The molecule has 0 aliphatic rings. The van der Waals surface area contributed by atoms with Gasteiger partial charge in [-0.25, -0.2) is 17.5 Å². The van der Waals surface area contributed by atoms with Gasteiger partial charge in [0.1, 0.15) is 5.82 Å². The minimum absolute atomic E-state index is 0.124. The third-order valence-electron chi connectivity index (χ3n) is 2.40. The van der Waals surface area contributed by atoms with Gasteiger partial charge in [-0.3, -0.25) is 0 Å². The van der Waals surface area contributed by atoms with Gasteiger partial charge in [-0.1, -0.05) is 0 Å². The van der Waals surface area contributed by atoms with Gasteiger partial charge in [-0.05, 0) is 44.0 Å². The van der Waals surface area contributed by atoms with Crippen molar-refractivity contribution in [1.29, 1.82) is 0 Å². The van der Waals surface area contributed by atoms with Crippen molar-refractivity contribution in [3.8, 4) is 0 Å². The molecule has 0 saturated heterocycles. The van der Waals surface area contributed by atoms with E-state index >= 15 is 0 Å². The predicted octanol–water partition coefficient (Wildman–Crippen LogP) is 1.07. The maximum atomic E-state index is 13.1. The molecular weight excluding hydrogens is 243 g/mol. The zero-order valence-electron chi connectivity index (χ0n) is 10.1. The van der Waals surface area contributed by atoms with Crippen LogP contribution in [-0.4, -0.2) is 21.0 Å². The highest BCUT2D eigenvalue weighted by Gasteiger charge is 2.21. The number of nitrogens with one attached hydrogen (secondary N) is 1. The summed E-state index contributed by atoms with van der Waals surface area (Å²) in [4.78, 5) is 0.124. The minimum atomic E-state index is -3.65. The van der Waals surface area contributed by atoms with E-state index in [1.165, 1.54) is 12.1 Å². The first-order valence-electron chi connectivity index (χ1n) is 5.27. The molecule has 0 heterocycles. The molecule has 1 aromatic rings.